The Balaban J connectivity index is 1.70. The Morgan fingerprint density at radius 3 is 2.54 bits per heavy atom. The van der Waals surface area contributed by atoms with E-state index in [1.54, 1.807) is 0 Å². The van der Waals surface area contributed by atoms with Gasteiger partial charge in [0.2, 0.25) is 0 Å². The summed E-state index contributed by atoms with van der Waals surface area (Å²) in [6, 6.07) is 6.09. The summed E-state index contributed by atoms with van der Waals surface area (Å²) in [6.07, 6.45) is 3.26. The third-order valence-corrected chi connectivity index (χ3v) is 5.46. The van der Waals surface area contributed by atoms with Gasteiger partial charge in [-0.15, -0.1) is 0 Å². The zero-order valence-corrected chi connectivity index (χ0v) is 16.6. The van der Waals surface area contributed by atoms with E-state index in [9.17, 15) is 4.79 Å². The predicted octanol–water partition coefficient (Wildman–Crippen LogP) is 3.31. The Morgan fingerprint density at radius 2 is 1.92 bits per heavy atom. The number of rotatable bonds is 5. The van der Waals surface area contributed by atoms with E-state index in [0.717, 1.165) is 36.5 Å². The first-order valence-electron chi connectivity index (χ1n) is 9.52. The van der Waals surface area contributed by atoms with Crippen LogP contribution in [0.2, 0.25) is 0 Å². The molecule has 1 amide bonds. The number of nitrogens with one attached hydrogen (secondary N) is 1. The lowest BCUT2D eigenvalue weighted by Crippen LogP contribution is -2.34. The predicted molar refractivity (Wildman–Crippen MR) is 106 cm³/mol. The van der Waals surface area contributed by atoms with E-state index >= 15 is 0 Å². The molecule has 0 saturated carbocycles. The topological polar surface area (TPSA) is 50.2 Å². The molecule has 5 nitrogen and oxygen atoms in total. The van der Waals surface area contributed by atoms with Crippen LogP contribution in [-0.2, 0) is 13.5 Å². The fourth-order valence-electron chi connectivity index (χ4n) is 3.83. The normalized spacial score (nSPS) is 15.3. The van der Waals surface area contributed by atoms with Gasteiger partial charge in [0.15, 0.2) is 0 Å². The van der Waals surface area contributed by atoms with Gasteiger partial charge in [-0.1, -0.05) is 6.07 Å². The van der Waals surface area contributed by atoms with Crippen LogP contribution in [0.4, 0.5) is 5.69 Å². The van der Waals surface area contributed by atoms with Gasteiger partial charge in [0.05, 0.1) is 5.69 Å². The van der Waals surface area contributed by atoms with Gasteiger partial charge in [-0.3, -0.25) is 9.48 Å². The van der Waals surface area contributed by atoms with Crippen molar-refractivity contribution in [1.82, 2.24) is 15.1 Å². The van der Waals surface area contributed by atoms with E-state index in [1.807, 2.05) is 30.8 Å². The van der Waals surface area contributed by atoms with Gasteiger partial charge in [-0.2, -0.15) is 5.10 Å². The van der Waals surface area contributed by atoms with Crippen LogP contribution in [0, 0.1) is 20.8 Å². The molecule has 1 fully saturated rings. The lowest BCUT2D eigenvalue weighted by molar-refractivity contribution is 0.0940. The van der Waals surface area contributed by atoms with E-state index < -0.39 is 0 Å². The van der Waals surface area contributed by atoms with Crippen molar-refractivity contribution >= 4 is 11.6 Å². The van der Waals surface area contributed by atoms with Crippen LogP contribution in [0.5, 0.6) is 0 Å². The molecule has 0 aliphatic carbocycles. The van der Waals surface area contributed by atoms with Crippen LogP contribution in [0.15, 0.2) is 18.2 Å². The molecule has 1 aliphatic heterocycles. The van der Waals surface area contributed by atoms with Crippen molar-refractivity contribution in [2.45, 2.75) is 53.0 Å². The zero-order chi connectivity index (χ0) is 18.8. The largest absolute Gasteiger partial charge is 0.371 e. The summed E-state index contributed by atoms with van der Waals surface area (Å²) in [5.74, 6) is -0.00265. The quantitative estimate of drug-likeness (QED) is 0.896. The van der Waals surface area contributed by atoms with Crippen LogP contribution < -0.4 is 10.2 Å². The number of aromatic nitrogens is 2. The smallest absolute Gasteiger partial charge is 0.251 e. The second kappa shape index (κ2) is 7.52. The van der Waals surface area contributed by atoms with Gasteiger partial charge >= 0.3 is 0 Å². The van der Waals surface area contributed by atoms with Gasteiger partial charge in [0, 0.05) is 43.1 Å². The number of hydrogen-bond acceptors (Lipinski definition) is 3. The lowest BCUT2D eigenvalue weighted by atomic mass is 10.0. The van der Waals surface area contributed by atoms with Crippen molar-refractivity contribution in [1.29, 1.82) is 0 Å². The molecule has 2 heterocycles. The first-order chi connectivity index (χ1) is 12.4. The Morgan fingerprint density at radius 1 is 1.23 bits per heavy atom. The molecule has 140 valence electrons. The average molecular weight is 354 g/mol. The van der Waals surface area contributed by atoms with Crippen LogP contribution in [0.3, 0.4) is 0 Å². The van der Waals surface area contributed by atoms with Crippen LogP contribution in [0.25, 0.3) is 0 Å². The highest BCUT2D eigenvalue weighted by atomic mass is 16.1. The molecule has 1 aliphatic rings. The first-order valence-corrected chi connectivity index (χ1v) is 9.52. The minimum absolute atomic E-state index is 0.00265. The molecule has 0 bridgehead atoms. The number of carbonyl (C=O) groups excluding carboxylic acids is 1. The van der Waals surface area contributed by atoms with Gasteiger partial charge in [0.25, 0.3) is 5.91 Å². The highest BCUT2D eigenvalue weighted by Gasteiger charge is 2.18. The molecule has 0 unspecified atom stereocenters. The molecule has 1 atom stereocenters. The van der Waals surface area contributed by atoms with Crippen molar-refractivity contribution in [3.8, 4) is 0 Å². The number of benzene rings is 1. The van der Waals surface area contributed by atoms with Crippen LogP contribution in [0.1, 0.15) is 52.6 Å². The van der Waals surface area contributed by atoms with E-state index in [4.69, 9.17) is 0 Å². The SMILES string of the molecule is Cc1ccc(C(=O)N[C@H](C)Cc2c(C)nn(C)c2C)cc1N1CCCC1. The number of carbonyl (C=O) groups is 1. The summed E-state index contributed by atoms with van der Waals surface area (Å²) < 4.78 is 1.90. The fourth-order valence-corrected chi connectivity index (χ4v) is 3.83. The molecule has 5 heteroatoms. The molecule has 1 N–H and O–H groups in total. The highest BCUT2D eigenvalue weighted by molar-refractivity contribution is 5.95. The summed E-state index contributed by atoms with van der Waals surface area (Å²) in [5, 5.41) is 7.62. The van der Waals surface area contributed by atoms with Crippen molar-refractivity contribution in [2.24, 2.45) is 7.05 Å². The molecule has 3 rings (SSSR count). The summed E-state index contributed by atoms with van der Waals surface area (Å²) >= 11 is 0. The van der Waals surface area contributed by atoms with E-state index in [2.05, 4.69) is 42.2 Å². The molecule has 2 aromatic rings. The molecule has 1 aromatic carbocycles. The lowest BCUT2D eigenvalue weighted by Gasteiger charge is -2.21. The summed E-state index contributed by atoms with van der Waals surface area (Å²) in [5.41, 5.74) is 6.60. The molecule has 0 radical (unpaired) electrons. The van der Waals surface area contributed by atoms with Crippen LogP contribution >= 0.6 is 0 Å². The maximum atomic E-state index is 12.7. The zero-order valence-electron chi connectivity index (χ0n) is 16.6. The van der Waals surface area contributed by atoms with Crippen LogP contribution in [-0.4, -0.2) is 34.8 Å². The van der Waals surface area contributed by atoms with Gasteiger partial charge in [-0.05, 0) is 70.2 Å². The average Bonchev–Trinajstić information content (AvgIpc) is 3.20. The fraction of sp³-hybridized carbons (Fsp3) is 0.524. The minimum Gasteiger partial charge on any atom is -0.371 e. The van der Waals surface area contributed by atoms with E-state index in [-0.39, 0.29) is 11.9 Å². The molecule has 0 spiro atoms. The summed E-state index contributed by atoms with van der Waals surface area (Å²) in [7, 11) is 1.96. The molecule has 1 saturated heterocycles. The maximum Gasteiger partial charge on any atom is 0.251 e. The summed E-state index contributed by atoms with van der Waals surface area (Å²) in [6.45, 7) is 10.4. The third-order valence-electron chi connectivity index (χ3n) is 5.46. The molecular formula is C21H30N4O. The third kappa shape index (κ3) is 3.76. The Hall–Kier alpha value is -2.30. The second-order valence-corrected chi connectivity index (χ2v) is 7.55. The number of amides is 1. The van der Waals surface area contributed by atoms with E-state index in [1.165, 1.54) is 29.7 Å². The number of nitrogens with zero attached hydrogens (tertiary/aromatic N) is 3. The van der Waals surface area contributed by atoms with Gasteiger partial charge in [0.1, 0.15) is 0 Å². The minimum atomic E-state index is -0.00265. The Labute approximate surface area is 156 Å². The second-order valence-electron chi connectivity index (χ2n) is 7.55. The van der Waals surface area contributed by atoms with Crippen molar-refractivity contribution in [3.63, 3.8) is 0 Å². The Kier molecular flexibility index (Phi) is 5.35. The van der Waals surface area contributed by atoms with E-state index in [0.29, 0.717) is 0 Å². The van der Waals surface area contributed by atoms with Gasteiger partial charge in [-0.25, -0.2) is 0 Å². The van der Waals surface area contributed by atoms with Crippen molar-refractivity contribution in [2.75, 3.05) is 18.0 Å². The monoisotopic (exact) mass is 354 g/mol. The molecule has 1 aromatic heterocycles. The number of anilines is 1. The van der Waals surface area contributed by atoms with Crippen molar-refractivity contribution < 1.29 is 4.79 Å². The maximum absolute atomic E-state index is 12.7. The van der Waals surface area contributed by atoms with Crippen molar-refractivity contribution in [3.05, 3.63) is 46.3 Å². The molecule has 26 heavy (non-hydrogen) atoms. The number of aryl methyl sites for hydroxylation is 3. The van der Waals surface area contributed by atoms with Gasteiger partial charge < -0.3 is 10.2 Å². The number of hydrogen-bond donors (Lipinski definition) is 1. The Bertz CT molecular complexity index is 803. The highest BCUT2D eigenvalue weighted by Crippen LogP contribution is 2.25. The first kappa shape index (κ1) is 18.5. The molecular weight excluding hydrogens is 324 g/mol. The summed E-state index contributed by atoms with van der Waals surface area (Å²) in [4.78, 5) is 15.1. The standard InChI is InChI=1S/C21H30N4O/c1-14-8-9-18(13-20(14)25-10-6-7-11-25)21(26)22-15(2)12-19-16(3)23-24(5)17(19)4/h8-9,13,15H,6-7,10-12H2,1-5H3,(H,22,26)/t15-/m1/s1.